The monoisotopic (exact) mass is 293 g/mol. The van der Waals surface area contributed by atoms with Crippen molar-refractivity contribution in [2.24, 2.45) is 5.92 Å². The number of methoxy groups -OCH3 is 1. The Kier molecular flexibility index (Phi) is 4.13. The van der Waals surface area contributed by atoms with Gasteiger partial charge in [-0.2, -0.15) is 0 Å². The maximum Gasteiger partial charge on any atom is 0.152 e. The molecule has 2 aromatic heterocycles. The van der Waals surface area contributed by atoms with Crippen molar-refractivity contribution in [2.75, 3.05) is 31.7 Å². The molecule has 0 saturated carbocycles. The van der Waals surface area contributed by atoms with Gasteiger partial charge in [0.1, 0.15) is 5.65 Å². The van der Waals surface area contributed by atoms with Crippen molar-refractivity contribution in [1.29, 1.82) is 0 Å². The summed E-state index contributed by atoms with van der Waals surface area (Å²) in [4.78, 5) is 7.11. The Morgan fingerprint density at radius 3 is 2.85 bits per heavy atom. The third-order valence-electron chi connectivity index (χ3n) is 4.05. The number of ether oxygens (including phenoxy) is 1. The van der Waals surface area contributed by atoms with Gasteiger partial charge in [0.15, 0.2) is 5.82 Å². The summed E-state index contributed by atoms with van der Waals surface area (Å²) >= 11 is 6.14. The number of hydrogen-bond acceptors (Lipinski definition) is 3. The molecule has 0 unspecified atom stereocenters. The number of halogens is 1. The Hall–Kier alpha value is -1.26. The van der Waals surface area contributed by atoms with Crippen LogP contribution in [0.2, 0.25) is 0 Å². The molecule has 0 aliphatic carbocycles. The first-order valence-corrected chi connectivity index (χ1v) is 7.62. The summed E-state index contributed by atoms with van der Waals surface area (Å²) in [6.45, 7) is 2.92. The fourth-order valence-corrected chi connectivity index (χ4v) is 3.21. The molecule has 0 amide bonds. The topological polar surface area (TPSA) is 29.8 Å². The van der Waals surface area contributed by atoms with Crippen LogP contribution < -0.4 is 4.90 Å². The lowest BCUT2D eigenvalue weighted by Crippen LogP contribution is -2.35. The molecule has 4 nitrogen and oxygen atoms in total. The average Bonchev–Trinajstić information content (AvgIpc) is 2.87. The SMILES string of the molecule is COCC1CCN(c2nc3ccccn3c2CCl)CC1. The zero-order chi connectivity index (χ0) is 13.9. The van der Waals surface area contributed by atoms with E-state index in [4.69, 9.17) is 21.3 Å². The minimum absolute atomic E-state index is 0.485. The Labute approximate surface area is 124 Å². The van der Waals surface area contributed by atoms with Crippen LogP contribution in [0.25, 0.3) is 5.65 Å². The van der Waals surface area contributed by atoms with Gasteiger partial charge in [-0.1, -0.05) is 6.07 Å². The summed E-state index contributed by atoms with van der Waals surface area (Å²) in [7, 11) is 1.78. The van der Waals surface area contributed by atoms with E-state index in [1.165, 1.54) is 0 Å². The van der Waals surface area contributed by atoms with E-state index in [0.717, 1.165) is 49.7 Å². The van der Waals surface area contributed by atoms with Crippen molar-refractivity contribution in [3.05, 3.63) is 30.1 Å². The summed E-state index contributed by atoms with van der Waals surface area (Å²) in [5.74, 6) is 2.20. The van der Waals surface area contributed by atoms with E-state index in [9.17, 15) is 0 Å². The third kappa shape index (κ3) is 2.50. The van der Waals surface area contributed by atoms with Gasteiger partial charge in [0.2, 0.25) is 0 Å². The average molecular weight is 294 g/mol. The quantitative estimate of drug-likeness (QED) is 0.812. The van der Waals surface area contributed by atoms with Crippen molar-refractivity contribution in [2.45, 2.75) is 18.7 Å². The first kappa shape index (κ1) is 13.7. The summed E-state index contributed by atoms with van der Waals surface area (Å²) in [6.07, 6.45) is 4.34. The van der Waals surface area contributed by atoms with Crippen LogP contribution in [0.4, 0.5) is 5.82 Å². The molecular weight excluding hydrogens is 274 g/mol. The molecule has 0 spiro atoms. The summed E-state index contributed by atoms with van der Waals surface area (Å²) in [5.41, 5.74) is 2.06. The molecule has 108 valence electrons. The Morgan fingerprint density at radius 2 is 2.15 bits per heavy atom. The number of nitrogens with zero attached hydrogens (tertiary/aromatic N) is 3. The standard InChI is InChI=1S/C15H20ClN3O/c1-20-11-12-5-8-18(9-6-12)15-13(10-16)19-7-3-2-4-14(19)17-15/h2-4,7,12H,5-6,8-11H2,1H3. The second kappa shape index (κ2) is 6.02. The summed E-state index contributed by atoms with van der Waals surface area (Å²) in [5, 5.41) is 0. The maximum atomic E-state index is 6.14. The second-order valence-corrected chi connectivity index (χ2v) is 5.60. The van der Waals surface area contributed by atoms with Gasteiger partial charge in [-0.3, -0.25) is 0 Å². The number of rotatable bonds is 4. The van der Waals surface area contributed by atoms with Crippen LogP contribution in [-0.4, -0.2) is 36.2 Å². The minimum atomic E-state index is 0.485. The van der Waals surface area contributed by atoms with Crippen LogP contribution in [0.3, 0.4) is 0 Å². The van der Waals surface area contributed by atoms with Crippen molar-refractivity contribution < 1.29 is 4.74 Å². The van der Waals surface area contributed by atoms with Gasteiger partial charge < -0.3 is 14.0 Å². The van der Waals surface area contributed by atoms with Crippen LogP contribution >= 0.6 is 11.6 Å². The highest BCUT2D eigenvalue weighted by Crippen LogP contribution is 2.27. The lowest BCUT2D eigenvalue weighted by Gasteiger charge is -2.32. The van der Waals surface area contributed by atoms with Gasteiger partial charge in [0.05, 0.1) is 11.6 Å². The molecule has 1 saturated heterocycles. The summed E-state index contributed by atoms with van der Waals surface area (Å²) < 4.78 is 7.34. The number of alkyl halides is 1. The predicted octanol–water partition coefficient (Wildman–Crippen LogP) is 2.94. The Bertz CT molecular complexity index is 576. The maximum absolute atomic E-state index is 6.14. The molecule has 0 radical (unpaired) electrons. The molecule has 1 aliphatic rings. The van der Waals surface area contributed by atoms with E-state index in [-0.39, 0.29) is 0 Å². The number of fused-ring (bicyclic) bond motifs is 1. The Morgan fingerprint density at radius 1 is 1.35 bits per heavy atom. The van der Waals surface area contributed by atoms with Gasteiger partial charge in [-0.05, 0) is 30.9 Å². The number of imidazole rings is 1. The first-order chi connectivity index (χ1) is 9.83. The first-order valence-electron chi connectivity index (χ1n) is 7.09. The highest BCUT2D eigenvalue weighted by Gasteiger charge is 2.23. The van der Waals surface area contributed by atoms with E-state index < -0.39 is 0 Å². The number of pyridine rings is 1. The smallest absolute Gasteiger partial charge is 0.152 e. The molecule has 3 heterocycles. The fourth-order valence-electron chi connectivity index (χ4n) is 2.96. The summed E-state index contributed by atoms with van der Waals surface area (Å²) in [6, 6.07) is 6.05. The van der Waals surface area contributed by atoms with E-state index >= 15 is 0 Å². The zero-order valence-corrected chi connectivity index (χ0v) is 12.5. The van der Waals surface area contributed by atoms with Crippen molar-refractivity contribution in [1.82, 2.24) is 9.38 Å². The van der Waals surface area contributed by atoms with Gasteiger partial charge in [-0.25, -0.2) is 4.98 Å². The van der Waals surface area contributed by atoms with Crippen molar-refractivity contribution in [3.8, 4) is 0 Å². The fraction of sp³-hybridized carbons (Fsp3) is 0.533. The molecule has 5 heteroatoms. The predicted molar refractivity (Wildman–Crippen MR) is 81.6 cm³/mol. The lowest BCUT2D eigenvalue weighted by atomic mass is 9.98. The highest BCUT2D eigenvalue weighted by atomic mass is 35.5. The normalized spacial score (nSPS) is 17.0. The Balaban J connectivity index is 1.84. The van der Waals surface area contributed by atoms with Crippen LogP contribution in [-0.2, 0) is 10.6 Å². The molecule has 1 fully saturated rings. The van der Waals surface area contributed by atoms with Crippen LogP contribution in [0.15, 0.2) is 24.4 Å². The molecule has 20 heavy (non-hydrogen) atoms. The van der Waals surface area contributed by atoms with E-state index in [2.05, 4.69) is 9.30 Å². The molecule has 1 aliphatic heterocycles. The number of anilines is 1. The second-order valence-electron chi connectivity index (χ2n) is 5.33. The van der Waals surface area contributed by atoms with Gasteiger partial charge >= 0.3 is 0 Å². The molecule has 0 atom stereocenters. The largest absolute Gasteiger partial charge is 0.384 e. The van der Waals surface area contributed by atoms with Crippen LogP contribution in [0, 0.1) is 5.92 Å². The molecule has 0 bridgehead atoms. The van der Waals surface area contributed by atoms with Gasteiger partial charge in [0.25, 0.3) is 0 Å². The highest BCUT2D eigenvalue weighted by molar-refractivity contribution is 6.17. The molecular formula is C15H20ClN3O. The molecule has 2 aromatic rings. The number of aromatic nitrogens is 2. The van der Waals surface area contributed by atoms with Crippen LogP contribution in [0.5, 0.6) is 0 Å². The van der Waals surface area contributed by atoms with E-state index in [1.54, 1.807) is 7.11 Å². The van der Waals surface area contributed by atoms with Crippen molar-refractivity contribution in [3.63, 3.8) is 0 Å². The van der Waals surface area contributed by atoms with Crippen LogP contribution in [0.1, 0.15) is 18.5 Å². The van der Waals surface area contributed by atoms with E-state index in [0.29, 0.717) is 11.8 Å². The molecule has 0 N–H and O–H groups in total. The third-order valence-corrected chi connectivity index (χ3v) is 4.30. The minimum Gasteiger partial charge on any atom is -0.384 e. The zero-order valence-electron chi connectivity index (χ0n) is 11.8. The van der Waals surface area contributed by atoms with Crippen molar-refractivity contribution >= 4 is 23.1 Å². The number of hydrogen-bond donors (Lipinski definition) is 0. The van der Waals surface area contributed by atoms with Gasteiger partial charge in [0, 0.05) is 33.0 Å². The lowest BCUT2D eigenvalue weighted by molar-refractivity contribution is 0.139. The van der Waals surface area contributed by atoms with E-state index in [1.807, 2.05) is 24.4 Å². The number of piperidine rings is 1. The molecule has 0 aromatic carbocycles. The van der Waals surface area contributed by atoms with Gasteiger partial charge in [-0.15, -0.1) is 11.6 Å². The molecule has 3 rings (SSSR count).